The number of aromatic nitrogens is 5. The zero-order chi connectivity index (χ0) is 17.5. The molecule has 1 atom stereocenters. The van der Waals surface area contributed by atoms with Crippen LogP contribution in [0.1, 0.15) is 23.6 Å². The maximum atomic E-state index is 5.98. The lowest BCUT2D eigenvalue weighted by Gasteiger charge is -2.25. The summed E-state index contributed by atoms with van der Waals surface area (Å²) in [5.74, 6) is 2.89. The van der Waals surface area contributed by atoms with Crippen LogP contribution >= 0.6 is 0 Å². The number of aromatic amines is 1. The molecule has 0 aliphatic carbocycles. The molecule has 3 aromatic heterocycles. The van der Waals surface area contributed by atoms with Gasteiger partial charge in [-0.2, -0.15) is 5.10 Å². The standard InChI is InChI=1S/C19H20N6O/c1-12-22-23-18-7-6-15(11-25(12)18)20-9-14-10-21-24-19(14)17-8-13-4-2-3-5-16(13)26-17/h2-5,8,10,15,20H,6-7,9,11H2,1H3,(H,21,24)/t15-/m0/s1. The summed E-state index contributed by atoms with van der Waals surface area (Å²) in [7, 11) is 0. The molecule has 0 saturated carbocycles. The Morgan fingerprint density at radius 1 is 1.31 bits per heavy atom. The third-order valence-corrected chi connectivity index (χ3v) is 5.10. The van der Waals surface area contributed by atoms with E-state index in [1.807, 2.05) is 31.3 Å². The van der Waals surface area contributed by atoms with Crippen molar-refractivity contribution >= 4 is 11.0 Å². The van der Waals surface area contributed by atoms with E-state index >= 15 is 0 Å². The van der Waals surface area contributed by atoms with Crippen LogP contribution in [0.3, 0.4) is 0 Å². The average molecular weight is 348 g/mol. The van der Waals surface area contributed by atoms with E-state index < -0.39 is 0 Å². The van der Waals surface area contributed by atoms with Gasteiger partial charge in [0.05, 0.1) is 6.20 Å². The lowest BCUT2D eigenvalue weighted by molar-refractivity contribution is 0.375. The van der Waals surface area contributed by atoms with Crippen molar-refractivity contribution in [2.75, 3.05) is 0 Å². The van der Waals surface area contributed by atoms with Gasteiger partial charge in [0, 0.05) is 36.5 Å². The van der Waals surface area contributed by atoms with Gasteiger partial charge in [-0.25, -0.2) is 0 Å². The number of furan rings is 1. The molecule has 4 aromatic rings. The number of fused-ring (bicyclic) bond motifs is 2. The number of nitrogens with zero attached hydrogens (tertiary/aromatic N) is 4. The first kappa shape index (κ1) is 15.3. The molecule has 0 fully saturated rings. The summed E-state index contributed by atoms with van der Waals surface area (Å²) >= 11 is 0. The fraction of sp³-hybridized carbons (Fsp3) is 0.316. The third kappa shape index (κ3) is 2.61. The highest BCUT2D eigenvalue weighted by Gasteiger charge is 2.22. The van der Waals surface area contributed by atoms with Crippen LogP contribution in [0.2, 0.25) is 0 Å². The van der Waals surface area contributed by atoms with Crippen molar-refractivity contribution in [1.29, 1.82) is 0 Å². The highest BCUT2D eigenvalue weighted by atomic mass is 16.3. The van der Waals surface area contributed by atoms with E-state index in [1.54, 1.807) is 0 Å². The molecule has 7 heteroatoms. The van der Waals surface area contributed by atoms with E-state index in [9.17, 15) is 0 Å². The van der Waals surface area contributed by atoms with Gasteiger partial charge in [0.2, 0.25) is 0 Å². The van der Waals surface area contributed by atoms with E-state index in [-0.39, 0.29) is 0 Å². The van der Waals surface area contributed by atoms with Gasteiger partial charge in [0.1, 0.15) is 22.9 Å². The number of benzene rings is 1. The monoisotopic (exact) mass is 348 g/mol. The molecule has 4 heterocycles. The minimum atomic E-state index is 0.399. The van der Waals surface area contributed by atoms with Crippen LogP contribution in [0.25, 0.3) is 22.4 Å². The maximum absolute atomic E-state index is 5.98. The molecule has 2 N–H and O–H groups in total. The summed E-state index contributed by atoms with van der Waals surface area (Å²) in [6, 6.07) is 10.5. The van der Waals surface area contributed by atoms with Crippen LogP contribution in [0.5, 0.6) is 0 Å². The topological polar surface area (TPSA) is 84.6 Å². The van der Waals surface area contributed by atoms with Gasteiger partial charge in [-0.1, -0.05) is 18.2 Å². The van der Waals surface area contributed by atoms with Crippen LogP contribution in [0.4, 0.5) is 0 Å². The molecular weight excluding hydrogens is 328 g/mol. The second kappa shape index (κ2) is 6.10. The number of nitrogens with one attached hydrogen (secondary N) is 2. The normalized spacial score (nSPS) is 16.9. The Hall–Kier alpha value is -2.93. The highest BCUT2D eigenvalue weighted by Crippen LogP contribution is 2.28. The number of rotatable bonds is 4. The Bertz CT molecular complexity index is 1030. The second-order valence-corrected chi connectivity index (χ2v) is 6.81. The van der Waals surface area contributed by atoms with Crippen molar-refractivity contribution in [2.24, 2.45) is 0 Å². The molecule has 0 radical (unpaired) electrons. The molecule has 132 valence electrons. The number of hydrogen-bond donors (Lipinski definition) is 2. The van der Waals surface area contributed by atoms with Gasteiger partial charge >= 0.3 is 0 Å². The van der Waals surface area contributed by atoms with E-state index in [4.69, 9.17) is 4.42 Å². The van der Waals surface area contributed by atoms with Crippen LogP contribution < -0.4 is 5.32 Å². The molecule has 5 rings (SSSR count). The SMILES string of the molecule is Cc1nnc2n1C[C@@H](NCc1cn[nH]c1-c1cc3ccccc3o1)CC2. The Labute approximate surface area is 150 Å². The molecule has 7 nitrogen and oxygen atoms in total. The minimum absolute atomic E-state index is 0.399. The Morgan fingerprint density at radius 3 is 3.15 bits per heavy atom. The largest absolute Gasteiger partial charge is 0.454 e. The first-order chi connectivity index (χ1) is 12.8. The molecule has 0 saturated heterocycles. The minimum Gasteiger partial charge on any atom is -0.454 e. The molecule has 0 unspecified atom stereocenters. The van der Waals surface area contributed by atoms with Crippen molar-refractivity contribution in [3.63, 3.8) is 0 Å². The molecule has 1 aliphatic heterocycles. The number of aryl methyl sites for hydroxylation is 2. The Balaban J connectivity index is 1.33. The predicted molar refractivity (Wildman–Crippen MR) is 97.5 cm³/mol. The first-order valence-corrected chi connectivity index (χ1v) is 8.91. The van der Waals surface area contributed by atoms with Crippen LogP contribution in [0.15, 0.2) is 40.9 Å². The first-order valence-electron chi connectivity index (χ1n) is 8.91. The third-order valence-electron chi connectivity index (χ3n) is 5.10. The van der Waals surface area contributed by atoms with E-state index in [2.05, 4.69) is 42.4 Å². The van der Waals surface area contributed by atoms with Crippen LogP contribution in [-0.2, 0) is 19.5 Å². The lowest BCUT2D eigenvalue weighted by atomic mass is 10.1. The summed E-state index contributed by atoms with van der Waals surface area (Å²) in [5.41, 5.74) is 2.93. The number of H-pyrrole nitrogens is 1. The summed E-state index contributed by atoms with van der Waals surface area (Å²) < 4.78 is 8.18. The predicted octanol–water partition coefficient (Wildman–Crippen LogP) is 2.83. The highest BCUT2D eigenvalue weighted by molar-refractivity contribution is 5.82. The summed E-state index contributed by atoms with van der Waals surface area (Å²) in [6.45, 7) is 3.66. The van der Waals surface area contributed by atoms with Crippen LogP contribution in [-0.4, -0.2) is 31.0 Å². The second-order valence-electron chi connectivity index (χ2n) is 6.81. The summed E-state index contributed by atoms with van der Waals surface area (Å²) in [5, 5.41) is 20.5. The quantitative estimate of drug-likeness (QED) is 0.592. The molecule has 1 aliphatic rings. The molecule has 0 amide bonds. The van der Waals surface area contributed by atoms with E-state index in [0.29, 0.717) is 6.04 Å². The Kier molecular flexibility index (Phi) is 3.60. The van der Waals surface area contributed by atoms with Gasteiger partial charge in [-0.05, 0) is 25.5 Å². The fourth-order valence-corrected chi connectivity index (χ4v) is 3.65. The zero-order valence-electron chi connectivity index (χ0n) is 14.6. The van der Waals surface area contributed by atoms with Crippen molar-refractivity contribution in [1.82, 2.24) is 30.3 Å². The number of para-hydroxylation sites is 1. The number of hydrogen-bond acceptors (Lipinski definition) is 5. The maximum Gasteiger partial charge on any atom is 0.153 e. The molecule has 0 spiro atoms. The van der Waals surface area contributed by atoms with E-state index in [1.165, 1.54) is 0 Å². The average Bonchev–Trinajstić information content (AvgIpc) is 3.38. The summed E-state index contributed by atoms with van der Waals surface area (Å²) in [4.78, 5) is 0. The summed E-state index contributed by atoms with van der Waals surface area (Å²) in [6.07, 6.45) is 3.89. The van der Waals surface area contributed by atoms with Crippen LogP contribution in [0, 0.1) is 6.92 Å². The van der Waals surface area contributed by atoms with Gasteiger partial charge in [0.25, 0.3) is 0 Å². The smallest absolute Gasteiger partial charge is 0.153 e. The zero-order valence-corrected chi connectivity index (χ0v) is 14.6. The fourth-order valence-electron chi connectivity index (χ4n) is 3.65. The van der Waals surface area contributed by atoms with Crippen molar-refractivity contribution in [3.05, 3.63) is 53.7 Å². The molecule has 1 aromatic carbocycles. The van der Waals surface area contributed by atoms with Crippen molar-refractivity contribution in [3.8, 4) is 11.5 Å². The van der Waals surface area contributed by atoms with Gasteiger partial charge in [-0.15, -0.1) is 10.2 Å². The van der Waals surface area contributed by atoms with Crippen molar-refractivity contribution in [2.45, 2.75) is 38.9 Å². The molecule has 26 heavy (non-hydrogen) atoms. The van der Waals surface area contributed by atoms with E-state index in [0.717, 1.165) is 65.6 Å². The van der Waals surface area contributed by atoms with Gasteiger partial charge in [-0.3, -0.25) is 5.10 Å². The molecule has 0 bridgehead atoms. The lowest BCUT2D eigenvalue weighted by Crippen LogP contribution is -2.37. The van der Waals surface area contributed by atoms with Gasteiger partial charge < -0.3 is 14.3 Å². The Morgan fingerprint density at radius 2 is 2.23 bits per heavy atom. The van der Waals surface area contributed by atoms with Gasteiger partial charge in [0.15, 0.2) is 5.76 Å². The molecular formula is C19H20N6O. The van der Waals surface area contributed by atoms with Crippen molar-refractivity contribution < 1.29 is 4.42 Å².